The summed E-state index contributed by atoms with van der Waals surface area (Å²) >= 11 is 7.68. The van der Waals surface area contributed by atoms with Crippen molar-refractivity contribution in [3.8, 4) is 0 Å². The highest BCUT2D eigenvalue weighted by Gasteiger charge is 2.17. The second kappa shape index (κ2) is 9.56. The van der Waals surface area contributed by atoms with E-state index < -0.39 is 0 Å². The molecule has 0 bridgehead atoms. The van der Waals surface area contributed by atoms with Crippen LogP contribution in [-0.4, -0.2) is 31.4 Å². The Morgan fingerprint density at radius 2 is 1.92 bits per heavy atom. The van der Waals surface area contributed by atoms with Gasteiger partial charge in [-0.05, 0) is 43.0 Å². The molecule has 1 unspecified atom stereocenters. The summed E-state index contributed by atoms with van der Waals surface area (Å²) in [4.78, 5) is 26.4. The SMILES string of the molecule is CC[NH+](CC(=O)NCc1cccs1)CC(=O)Nc1cccc(Cl)c1C. The van der Waals surface area contributed by atoms with E-state index >= 15 is 0 Å². The lowest BCUT2D eigenvalue weighted by Crippen LogP contribution is -3.14. The number of amides is 2. The van der Waals surface area contributed by atoms with E-state index in [1.54, 1.807) is 23.5 Å². The topological polar surface area (TPSA) is 62.6 Å². The number of hydrogen-bond donors (Lipinski definition) is 3. The summed E-state index contributed by atoms with van der Waals surface area (Å²) in [5.41, 5.74) is 1.54. The maximum absolute atomic E-state index is 12.3. The lowest BCUT2D eigenvalue weighted by molar-refractivity contribution is -0.881. The molecule has 2 rings (SSSR count). The van der Waals surface area contributed by atoms with Gasteiger partial charge < -0.3 is 15.5 Å². The summed E-state index contributed by atoms with van der Waals surface area (Å²) in [6.07, 6.45) is 0. The van der Waals surface area contributed by atoms with Crippen molar-refractivity contribution in [1.82, 2.24) is 5.32 Å². The van der Waals surface area contributed by atoms with Gasteiger partial charge in [0.15, 0.2) is 13.1 Å². The molecule has 1 atom stereocenters. The predicted octanol–water partition coefficient (Wildman–Crippen LogP) is 1.87. The first kappa shape index (κ1) is 19.4. The molecule has 7 heteroatoms. The van der Waals surface area contributed by atoms with Crippen molar-refractivity contribution >= 4 is 40.4 Å². The van der Waals surface area contributed by atoms with Crippen LogP contribution in [0.25, 0.3) is 0 Å². The average Bonchev–Trinajstić information content (AvgIpc) is 3.10. The van der Waals surface area contributed by atoms with Crippen LogP contribution in [0, 0.1) is 6.92 Å². The van der Waals surface area contributed by atoms with Gasteiger partial charge >= 0.3 is 0 Å². The molecule has 0 fully saturated rings. The van der Waals surface area contributed by atoms with Crippen LogP contribution in [0.5, 0.6) is 0 Å². The highest BCUT2D eigenvalue weighted by molar-refractivity contribution is 7.09. The van der Waals surface area contributed by atoms with Gasteiger partial charge in [-0.25, -0.2) is 0 Å². The molecule has 1 aromatic carbocycles. The molecule has 2 aromatic rings. The van der Waals surface area contributed by atoms with Gasteiger partial charge in [0.25, 0.3) is 11.8 Å². The number of hydrogen-bond acceptors (Lipinski definition) is 3. The third-order valence-corrected chi connectivity index (χ3v) is 5.19. The van der Waals surface area contributed by atoms with E-state index in [9.17, 15) is 9.59 Å². The minimum absolute atomic E-state index is 0.0583. The molecular weight excluding hydrogens is 358 g/mol. The first-order valence-corrected chi connectivity index (χ1v) is 9.43. The molecule has 0 saturated carbocycles. The first-order chi connectivity index (χ1) is 12.0. The van der Waals surface area contributed by atoms with Crippen molar-refractivity contribution in [3.05, 3.63) is 51.2 Å². The molecule has 25 heavy (non-hydrogen) atoms. The number of carbonyl (C=O) groups is 2. The second-order valence-corrected chi connectivity index (χ2v) is 7.21. The summed E-state index contributed by atoms with van der Waals surface area (Å²) < 4.78 is 0. The highest BCUT2D eigenvalue weighted by atomic mass is 35.5. The Hall–Kier alpha value is -1.89. The molecule has 1 aromatic heterocycles. The lowest BCUT2D eigenvalue weighted by Gasteiger charge is -2.17. The van der Waals surface area contributed by atoms with Gasteiger partial charge in [0.2, 0.25) is 0 Å². The minimum atomic E-state index is -0.131. The fourth-order valence-corrected chi connectivity index (χ4v) is 3.18. The van der Waals surface area contributed by atoms with E-state index in [2.05, 4.69) is 10.6 Å². The Bertz CT molecular complexity index is 719. The first-order valence-electron chi connectivity index (χ1n) is 8.17. The number of rotatable bonds is 8. The number of thiophene rings is 1. The molecule has 2 amide bonds. The number of nitrogens with one attached hydrogen (secondary N) is 3. The molecule has 0 radical (unpaired) electrons. The summed E-state index contributed by atoms with van der Waals surface area (Å²) in [5, 5.41) is 8.36. The summed E-state index contributed by atoms with van der Waals surface area (Å²) in [6, 6.07) is 9.34. The fraction of sp³-hybridized carbons (Fsp3) is 0.333. The molecule has 0 saturated heterocycles. The van der Waals surface area contributed by atoms with Gasteiger partial charge in [-0.3, -0.25) is 9.59 Å². The molecule has 134 valence electrons. The third kappa shape index (κ3) is 6.16. The molecule has 5 nitrogen and oxygen atoms in total. The monoisotopic (exact) mass is 380 g/mol. The zero-order valence-corrected chi connectivity index (χ0v) is 16.0. The summed E-state index contributed by atoms with van der Waals surface area (Å²) in [6.45, 7) is 5.54. The Morgan fingerprint density at radius 1 is 1.16 bits per heavy atom. The number of carbonyl (C=O) groups excluding carboxylic acids is 2. The number of quaternary nitrogens is 1. The van der Waals surface area contributed by atoms with Crippen LogP contribution in [0.3, 0.4) is 0 Å². The molecule has 1 heterocycles. The molecule has 0 aliphatic heterocycles. The number of likely N-dealkylation sites (N-methyl/N-ethyl adjacent to an activating group) is 1. The molecule has 3 N–H and O–H groups in total. The van der Waals surface area contributed by atoms with Crippen molar-refractivity contribution in [2.24, 2.45) is 0 Å². The minimum Gasteiger partial charge on any atom is -0.346 e. The zero-order chi connectivity index (χ0) is 18.2. The largest absolute Gasteiger partial charge is 0.346 e. The lowest BCUT2D eigenvalue weighted by atomic mass is 10.2. The van der Waals surface area contributed by atoms with E-state index in [0.717, 1.165) is 15.3 Å². The van der Waals surface area contributed by atoms with Crippen molar-refractivity contribution in [2.75, 3.05) is 25.0 Å². The number of anilines is 1. The van der Waals surface area contributed by atoms with Crippen LogP contribution >= 0.6 is 22.9 Å². The summed E-state index contributed by atoms with van der Waals surface area (Å²) in [7, 11) is 0. The maximum atomic E-state index is 12.3. The Morgan fingerprint density at radius 3 is 2.60 bits per heavy atom. The van der Waals surface area contributed by atoms with Gasteiger partial charge in [-0.2, -0.15) is 0 Å². The van der Waals surface area contributed by atoms with E-state index in [-0.39, 0.29) is 24.9 Å². The van der Waals surface area contributed by atoms with Crippen molar-refractivity contribution in [1.29, 1.82) is 0 Å². The maximum Gasteiger partial charge on any atom is 0.279 e. The smallest absolute Gasteiger partial charge is 0.279 e. The standard InChI is InChI=1S/C18H22ClN3O2S/c1-3-22(11-17(23)20-10-14-6-5-9-25-14)12-18(24)21-16-8-4-7-15(19)13(16)2/h4-9H,3,10-12H2,1-2H3,(H,20,23)(H,21,24)/p+1. The van der Waals surface area contributed by atoms with Gasteiger partial charge in [0, 0.05) is 15.6 Å². The van der Waals surface area contributed by atoms with Crippen LogP contribution in [0.1, 0.15) is 17.4 Å². The Kier molecular flexibility index (Phi) is 7.43. The molecule has 0 aliphatic carbocycles. The van der Waals surface area contributed by atoms with Crippen LogP contribution in [0.15, 0.2) is 35.7 Å². The number of benzene rings is 1. The number of halogens is 1. The van der Waals surface area contributed by atoms with Gasteiger partial charge in [0.1, 0.15) is 0 Å². The fourth-order valence-electron chi connectivity index (χ4n) is 2.37. The molecular formula is C18H23ClN3O2S+. The summed E-state index contributed by atoms with van der Waals surface area (Å²) in [5.74, 6) is -0.190. The van der Waals surface area contributed by atoms with E-state index in [4.69, 9.17) is 11.6 Å². The van der Waals surface area contributed by atoms with E-state index in [1.807, 2.05) is 37.4 Å². The Balaban J connectivity index is 1.82. The molecule has 0 aliphatic rings. The van der Waals surface area contributed by atoms with Gasteiger partial charge in [-0.1, -0.05) is 23.7 Å². The van der Waals surface area contributed by atoms with Crippen LogP contribution in [0.4, 0.5) is 5.69 Å². The third-order valence-electron chi connectivity index (χ3n) is 3.90. The van der Waals surface area contributed by atoms with E-state index in [1.165, 1.54) is 0 Å². The predicted molar refractivity (Wildman–Crippen MR) is 102 cm³/mol. The Labute approximate surface area is 157 Å². The normalized spacial score (nSPS) is 11.8. The van der Waals surface area contributed by atoms with Crippen molar-refractivity contribution in [2.45, 2.75) is 20.4 Å². The second-order valence-electron chi connectivity index (χ2n) is 5.77. The van der Waals surface area contributed by atoms with Crippen LogP contribution < -0.4 is 15.5 Å². The quantitative estimate of drug-likeness (QED) is 0.654. The highest BCUT2D eigenvalue weighted by Crippen LogP contribution is 2.22. The van der Waals surface area contributed by atoms with Crippen LogP contribution in [0.2, 0.25) is 5.02 Å². The van der Waals surface area contributed by atoms with Crippen molar-refractivity contribution < 1.29 is 14.5 Å². The molecule has 0 spiro atoms. The van der Waals surface area contributed by atoms with Gasteiger partial charge in [-0.15, -0.1) is 11.3 Å². The average molecular weight is 381 g/mol. The van der Waals surface area contributed by atoms with Gasteiger partial charge in [0.05, 0.1) is 13.1 Å². The van der Waals surface area contributed by atoms with Crippen LogP contribution in [-0.2, 0) is 16.1 Å². The van der Waals surface area contributed by atoms with Crippen molar-refractivity contribution in [3.63, 3.8) is 0 Å². The van der Waals surface area contributed by atoms with E-state index in [0.29, 0.717) is 23.8 Å². The zero-order valence-electron chi connectivity index (χ0n) is 14.4.